The molecule has 8 nitrogen and oxygen atoms in total. The molecule has 162 valence electrons. The number of hydrogen-bond acceptors (Lipinski definition) is 8. The van der Waals surface area contributed by atoms with Crippen molar-refractivity contribution in [3.63, 3.8) is 0 Å². The van der Waals surface area contributed by atoms with Crippen molar-refractivity contribution in [2.45, 2.75) is 57.4 Å². The van der Waals surface area contributed by atoms with E-state index in [9.17, 15) is 15.3 Å². The van der Waals surface area contributed by atoms with Crippen LogP contribution in [0.25, 0.3) is 0 Å². The van der Waals surface area contributed by atoms with Crippen LogP contribution in [-0.4, -0.2) is 84.7 Å². The van der Waals surface area contributed by atoms with Gasteiger partial charge in [-0.2, -0.15) is 0 Å². The number of ether oxygens (including phenoxy) is 4. The molecule has 1 aromatic rings. The summed E-state index contributed by atoms with van der Waals surface area (Å²) in [4.78, 5) is 0. The van der Waals surface area contributed by atoms with Crippen molar-refractivity contribution in [2.75, 3.05) is 33.5 Å². The standard InChI is InChI=1S/C16H24O7.C4H10O/c1-21-11-6-4-10(5-7-11)3-2-8-22-16-15(20)14(19)13(18)12(9-17)23-16;1-3-5-4-2/h4-7,12-20H,2-3,8-9H2,1H3;3-4H2,1-2H3/t12-,13-,14+,15-,16?;/m1./s1. The largest absolute Gasteiger partial charge is 0.497 e. The topological polar surface area (TPSA) is 118 Å². The highest BCUT2D eigenvalue weighted by atomic mass is 16.7. The third-order valence-corrected chi connectivity index (χ3v) is 4.31. The highest BCUT2D eigenvalue weighted by molar-refractivity contribution is 5.27. The molecule has 1 fully saturated rings. The van der Waals surface area contributed by atoms with Crippen molar-refractivity contribution in [3.8, 4) is 5.75 Å². The molecule has 1 aliphatic heterocycles. The molecule has 0 spiro atoms. The van der Waals surface area contributed by atoms with E-state index >= 15 is 0 Å². The summed E-state index contributed by atoms with van der Waals surface area (Å²) in [6.45, 7) is 5.52. The summed E-state index contributed by atoms with van der Waals surface area (Å²) in [6, 6.07) is 7.70. The van der Waals surface area contributed by atoms with E-state index in [-0.39, 0.29) is 0 Å². The Bertz CT molecular complexity index is 505. The van der Waals surface area contributed by atoms with Gasteiger partial charge in [-0.05, 0) is 44.4 Å². The Balaban J connectivity index is 0.000000696. The highest BCUT2D eigenvalue weighted by Gasteiger charge is 2.43. The number of benzene rings is 1. The van der Waals surface area contributed by atoms with Crippen LogP contribution in [0.15, 0.2) is 24.3 Å². The monoisotopic (exact) mass is 402 g/mol. The lowest BCUT2D eigenvalue weighted by molar-refractivity contribution is -0.301. The maximum atomic E-state index is 9.84. The second kappa shape index (κ2) is 13.8. The summed E-state index contributed by atoms with van der Waals surface area (Å²) in [5.74, 6) is 0.798. The number of aliphatic hydroxyl groups is 4. The zero-order valence-electron chi connectivity index (χ0n) is 16.9. The first-order chi connectivity index (χ1) is 13.5. The van der Waals surface area contributed by atoms with E-state index in [2.05, 4.69) is 0 Å². The van der Waals surface area contributed by atoms with E-state index in [1.165, 1.54) is 0 Å². The van der Waals surface area contributed by atoms with Crippen LogP contribution in [0.1, 0.15) is 25.8 Å². The van der Waals surface area contributed by atoms with Crippen LogP contribution >= 0.6 is 0 Å². The predicted octanol–water partition coefficient (Wildman–Crippen LogP) is 0.487. The van der Waals surface area contributed by atoms with Gasteiger partial charge < -0.3 is 39.4 Å². The van der Waals surface area contributed by atoms with Crippen molar-refractivity contribution in [1.82, 2.24) is 0 Å². The normalized spacial score (nSPS) is 27.0. The van der Waals surface area contributed by atoms with Gasteiger partial charge in [0.25, 0.3) is 0 Å². The Morgan fingerprint density at radius 3 is 2.11 bits per heavy atom. The molecule has 1 heterocycles. The minimum atomic E-state index is -1.41. The van der Waals surface area contributed by atoms with E-state index in [0.717, 1.165) is 30.9 Å². The number of rotatable bonds is 9. The molecule has 1 unspecified atom stereocenters. The fourth-order valence-corrected chi connectivity index (χ4v) is 2.68. The highest BCUT2D eigenvalue weighted by Crippen LogP contribution is 2.22. The van der Waals surface area contributed by atoms with Gasteiger partial charge in [0.1, 0.15) is 30.2 Å². The summed E-state index contributed by atoms with van der Waals surface area (Å²) in [5.41, 5.74) is 1.13. The minimum Gasteiger partial charge on any atom is -0.497 e. The van der Waals surface area contributed by atoms with Gasteiger partial charge in [0, 0.05) is 13.2 Å². The molecule has 4 N–H and O–H groups in total. The van der Waals surface area contributed by atoms with Gasteiger partial charge in [-0.25, -0.2) is 0 Å². The van der Waals surface area contributed by atoms with Gasteiger partial charge in [-0.1, -0.05) is 12.1 Å². The van der Waals surface area contributed by atoms with Gasteiger partial charge in [-0.15, -0.1) is 0 Å². The van der Waals surface area contributed by atoms with Crippen LogP contribution in [0, 0.1) is 0 Å². The maximum absolute atomic E-state index is 9.84. The van der Waals surface area contributed by atoms with E-state index in [0.29, 0.717) is 13.0 Å². The predicted molar refractivity (Wildman–Crippen MR) is 103 cm³/mol. The molecule has 28 heavy (non-hydrogen) atoms. The third kappa shape index (κ3) is 8.00. The van der Waals surface area contributed by atoms with Crippen LogP contribution in [0.2, 0.25) is 0 Å². The summed E-state index contributed by atoms with van der Waals surface area (Å²) >= 11 is 0. The Kier molecular flexibility index (Phi) is 12.2. The minimum absolute atomic E-state index is 0.314. The van der Waals surface area contributed by atoms with Gasteiger partial charge in [0.2, 0.25) is 0 Å². The second-order valence-electron chi connectivity index (χ2n) is 6.30. The van der Waals surface area contributed by atoms with Crippen molar-refractivity contribution in [1.29, 1.82) is 0 Å². The molecule has 0 aliphatic carbocycles. The quantitative estimate of drug-likeness (QED) is 0.441. The van der Waals surface area contributed by atoms with Gasteiger partial charge >= 0.3 is 0 Å². The lowest BCUT2D eigenvalue weighted by Crippen LogP contribution is -2.59. The molecule has 0 saturated carbocycles. The lowest BCUT2D eigenvalue weighted by atomic mass is 9.99. The number of aryl methyl sites for hydroxylation is 1. The number of aliphatic hydroxyl groups excluding tert-OH is 4. The third-order valence-electron chi connectivity index (χ3n) is 4.31. The summed E-state index contributed by atoms with van der Waals surface area (Å²) in [5, 5.41) is 38.3. The molecule has 0 radical (unpaired) electrons. The van der Waals surface area contributed by atoms with E-state index in [4.69, 9.17) is 24.1 Å². The summed E-state index contributed by atoms with van der Waals surface area (Å²) in [7, 11) is 1.61. The zero-order valence-corrected chi connectivity index (χ0v) is 16.9. The van der Waals surface area contributed by atoms with Crippen LogP contribution in [0.5, 0.6) is 5.75 Å². The molecule has 0 amide bonds. The molecule has 5 atom stereocenters. The average Bonchev–Trinajstić information content (AvgIpc) is 2.72. The van der Waals surface area contributed by atoms with E-state index < -0.39 is 37.3 Å². The van der Waals surface area contributed by atoms with Gasteiger partial charge in [0.05, 0.1) is 20.3 Å². The van der Waals surface area contributed by atoms with Crippen LogP contribution in [0.4, 0.5) is 0 Å². The van der Waals surface area contributed by atoms with Gasteiger partial charge in [0.15, 0.2) is 6.29 Å². The molecule has 0 bridgehead atoms. The molecule has 8 heteroatoms. The number of methoxy groups -OCH3 is 1. The van der Waals surface area contributed by atoms with Crippen molar-refractivity contribution < 1.29 is 39.4 Å². The molecule has 1 aliphatic rings. The van der Waals surface area contributed by atoms with Crippen LogP contribution in [0.3, 0.4) is 0 Å². The first-order valence-electron chi connectivity index (χ1n) is 9.61. The maximum Gasteiger partial charge on any atom is 0.186 e. The fourth-order valence-electron chi connectivity index (χ4n) is 2.68. The van der Waals surface area contributed by atoms with Crippen molar-refractivity contribution in [3.05, 3.63) is 29.8 Å². The number of hydrogen-bond donors (Lipinski definition) is 4. The van der Waals surface area contributed by atoms with Gasteiger partial charge in [-0.3, -0.25) is 0 Å². The Labute approximate surface area is 166 Å². The SMILES string of the molecule is CCOCC.COc1ccc(CCCOC2O[C@H](CO)[C@@H](O)[C@H](O)[C@H]2O)cc1. The molecule has 0 aromatic heterocycles. The molecular formula is C20H34O8. The smallest absolute Gasteiger partial charge is 0.186 e. The first-order valence-corrected chi connectivity index (χ1v) is 9.61. The van der Waals surface area contributed by atoms with E-state index in [1.54, 1.807) is 7.11 Å². The average molecular weight is 402 g/mol. The lowest BCUT2D eigenvalue weighted by Gasteiger charge is -2.39. The summed E-state index contributed by atoms with van der Waals surface area (Å²) in [6.07, 6.45) is -4.67. The first kappa shape index (κ1) is 24.8. The van der Waals surface area contributed by atoms with Crippen molar-refractivity contribution in [2.24, 2.45) is 0 Å². The zero-order chi connectivity index (χ0) is 20.9. The Morgan fingerprint density at radius 2 is 1.61 bits per heavy atom. The fraction of sp³-hybridized carbons (Fsp3) is 0.700. The van der Waals surface area contributed by atoms with Crippen LogP contribution in [-0.2, 0) is 20.6 Å². The van der Waals surface area contributed by atoms with E-state index in [1.807, 2.05) is 38.1 Å². The van der Waals surface area contributed by atoms with Crippen LogP contribution < -0.4 is 4.74 Å². The Morgan fingerprint density at radius 1 is 0.964 bits per heavy atom. The Hall–Kier alpha value is -1.26. The molecule has 2 rings (SSSR count). The second-order valence-corrected chi connectivity index (χ2v) is 6.30. The molecule has 1 saturated heterocycles. The summed E-state index contributed by atoms with van der Waals surface area (Å²) < 4.78 is 20.6. The molecule has 1 aromatic carbocycles. The van der Waals surface area contributed by atoms with Crippen molar-refractivity contribution >= 4 is 0 Å². The molecular weight excluding hydrogens is 368 g/mol.